The SMILES string of the molecule is Cc1cc(O[C@@H]2C[C@@H]3CNc4nnc(-c5cc(F)cc(F)c5O)cc4N3C2)ncc1CN1CCN(c2ccc3c(c2)C(=O)N([C@H]2CCC(=O)NC2=O)C3)CC1. The number of nitrogens with one attached hydrogen (secondary N) is 2. The van der Waals surface area contributed by atoms with Gasteiger partial charge in [-0.1, -0.05) is 6.07 Å². The molecule has 0 saturated carbocycles. The molecule has 0 radical (unpaired) electrons. The molecule has 55 heavy (non-hydrogen) atoms. The molecule has 0 aliphatic carbocycles. The number of pyridine rings is 1. The third-order valence-corrected chi connectivity index (χ3v) is 11.4. The van der Waals surface area contributed by atoms with Crippen molar-refractivity contribution in [3.05, 3.63) is 82.5 Å². The Balaban J connectivity index is 0.800. The van der Waals surface area contributed by atoms with Crippen molar-refractivity contribution in [1.29, 1.82) is 0 Å². The first-order chi connectivity index (χ1) is 26.6. The molecule has 14 nitrogen and oxygen atoms in total. The van der Waals surface area contributed by atoms with Gasteiger partial charge >= 0.3 is 0 Å². The highest BCUT2D eigenvalue weighted by atomic mass is 19.1. The number of halogens is 2. The van der Waals surface area contributed by atoms with Crippen LogP contribution in [0.4, 0.5) is 26.0 Å². The van der Waals surface area contributed by atoms with Crippen molar-refractivity contribution < 1.29 is 33.0 Å². The standard InChI is InChI=1S/C39H39F2N9O5/c1-21-10-35(55-27-13-26-17-43-37-33(49(26)20-27)15-31(45-46-37)29-11-24(40)12-30(41)36(29)52)42-16-23(21)18-47-6-8-48(9-7-47)25-3-2-22-19-50(39(54)28(22)14-25)32-4-5-34(51)44-38(32)53/h2-3,10-12,14-16,26-27,32,52H,4-9,13,17-20H2,1H3,(H,43,46)(H,44,51,53)/t26-,27-,32+/m1/s1. The molecule has 5 aliphatic rings. The number of carbonyl (C=O) groups excluding carboxylic acids is 3. The summed E-state index contributed by atoms with van der Waals surface area (Å²) < 4.78 is 34.5. The van der Waals surface area contributed by atoms with Gasteiger partial charge in [-0.05, 0) is 54.3 Å². The summed E-state index contributed by atoms with van der Waals surface area (Å²) in [6, 6.07) is 10.7. The summed E-state index contributed by atoms with van der Waals surface area (Å²) >= 11 is 0. The lowest BCUT2D eigenvalue weighted by Crippen LogP contribution is -2.52. The number of aromatic hydroxyl groups is 1. The van der Waals surface area contributed by atoms with Gasteiger partial charge in [-0.25, -0.2) is 13.8 Å². The first-order valence-corrected chi connectivity index (χ1v) is 18.5. The molecule has 4 aromatic rings. The molecule has 284 valence electrons. The predicted molar refractivity (Wildman–Crippen MR) is 197 cm³/mol. The Bertz CT molecular complexity index is 2230. The smallest absolute Gasteiger partial charge is 0.255 e. The average molecular weight is 752 g/mol. The number of carbonyl (C=O) groups is 3. The van der Waals surface area contributed by atoms with E-state index in [0.717, 1.165) is 73.3 Å². The number of phenols is 1. The molecule has 3 atom stereocenters. The first kappa shape index (κ1) is 34.8. The second-order valence-corrected chi connectivity index (χ2v) is 14.9. The molecule has 16 heteroatoms. The van der Waals surface area contributed by atoms with Crippen LogP contribution in [-0.2, 0) is 22.7 Å². The Morgan fingerprint density at radius 1 is 0.982 bits per heavy atom. The van der Waals surface area contributed by atoms with Gasteiger partial charge < -0.3 is 29.9 Å². The maximum atomic E-state index is 14.1. The van der Waals surface area contributed by atoms with Crippen LogP contribution in [0.25, 0.3) is 11.3 Å². The molecule has 0 bridgehead atoms. The number of piperazine rings is 1. The van der Waals surface area contributed by atoms with Gasteiger partial charge in [0.25, 0.3) is 5.91 Å². The van der Waals surface area contributed by atoms with Crippen LogP contribution in [0.3, 0.4) is 0 Å². The average Bonchev–Trinajstić information content (AvgIpc) is 3.74. The molecule has 0 spiro atoms. The Morgan fingerprint density at radius 2 is 1.82 bits per heavy atom. The van der Waals surface area contributed by atoms with Crippen LogP contribution in [0.15, 0.2) is 48.7 Å². The van der Waals surface area contributed by atoms with Gasteiger partial charge in [0.2, 0.25) is 17.7 Å². The minimum atomic E-state index is -1.06. The molecule has 3 N–H and O–H groups in total. The van der Waals surface area contributed by atoms with E-state index >= 15 is 0 Å². The highest BCUT2D eigenvalue weighted by molar-refractivity contribution is 6.05. The zero-order chi connectivity index (χ0) is 38.0. The van der Waals surface area contributed by atoms with Gasteiger partial charge in [-0.3, -0.25) is 24.6 Å². The summed E-state index contributed by atoms with van der Waals surface area (Å²) in [7, 11) is 0. The molecule has 9 rings (SSSR count). The third kappa shape index (κ3) is 6.53. The summed E-state index contributed by atoms with van der Waals surface area (Å²) in [6.07, 6.45) is 3.02. The van der Waals surface area contributed by atoms with E-state index < -0.39 is 29.3 Å². The van der Waals surface area contributed by atoms with Gasteiger partial charge in [-0.2, -0.15) is 0 Å². The summed E-state index contributed by atoms with van der Waals surface area (Å²) in [5.41, 5.74) is 5.50. The maximum Gasteiger partial charge on any atom is 0.255 e. The van der Waals surface area contributed by atoms with Crippen molar-refractivity contribution in [1.82, 2.24) is 30.3 Å². The zero-order valence-corrected chi connectivity index (χ0v) is 30.1. The van der Waals surface area contributed by atoms with Crippen LogP contribution in [0.2, 0.25) is 0 Å². The van der Waals surface area contributed by atoms with Crippen molar-refractivity contribution >= 4 is 34.9 Å². The summed E-state index contributed by atoms with van der Waals surface area (Å²) in [6.45, 7) is 7.60. The molecule has 0 unspecified atom stereocenters. The van der Waals surface area contributed by atoms with Gasteiger partial charge in [0.1, 0.15) is 18.0 Å². The van der Waals surface area contributed by atoms with Crippen LogP contribution in [0, 0.1) is 18.6 Å². The van der Waals surface area contributed by atoms with Crippen LogP contribution in [-0.4, -0.2) is 105 Å². The van der Waals surface area contributed by atoms with Crippen molar-refractivity contribution in [3.8, 4) is 22.9 Å². The number of rotatable bonds is 7. The van der Waals surface area contributed by atoms with Crippen molar-refractivity contribution in [3.63, 3.8) is 0 Å². The Hall–Kier alpha value is -5.90. The van der Waals surface area contributed by atoms with E-state index in [1.54, 1.807) is 11.0 Å². The lowest BCUT2D eigenvalue weighted by Gasteiger charge is -2.36. The van der Waals surface area contributed by atoms with Crippen LogP contribution >= 0.6 is 0 Å². The molecule has 3 amide bonds. The van der Waals surface area contributed by atoms with E-state index in [1.807, 2.05) is 30.5 Å². The summed E-state index contributed by atoms with van der Waals surface area (Å²) in [5.74, 6) is -2.34. The fourth-order valence-corrected chi connectivity index (χ4v) is 8.39. The number of fused-ring (bicyclic) bond motifs is 4. The Morgan fingerprint density at radius 3 is 2.62 bits per heavy atom. The van der Waals surface area contributed by atoms with Gasteiger partial charge in [-0.15, -0.1) is 10.2 Å². The van der Waals surface area contributed by atoms with Crippen molar-refractivity contribution in [2.45, 2.75) is 57.5 Å². The van der Waals surface area contributed by atoms with Crippen molar-refractivity contribution in [2.75, 3.05) is 54.4 Å². The third-order valence-electron chi connectivity index (χ3n) is 11.4. The zero-order valence-electron chi connectivity index (χ0n) is 30.1. The molecule has 3 saturated heterocycles. The number of hydrogen-bond donors (Lipinski definition) is 3. The number of hydrogen-bond acceptors (Lipinski definition) is 12. The number of anilines is 3. The predicted octanol–water partition coefficient (Wildman–Crippen LogP) is 3.37. The molecular weight excluding hydrogens is 712 g/mol. The second kappa shape index (κ2) is 13.7. The monoisotopic (exact) mass is 751 g/mol. The lowest BCUT2D eigenvalue weighted by molar-refractivity contribution is -0.136. The number of benzene rings is 2. The number of piperidine rings is 1. The van der Waals surface area contributed by atoms with E-state index in [2.05, 4.69) is 47.4 Å². The minimum Gasteiger partial charge on any atom is -0.504 e. The number of imide groups is 1. The molecule has 7 heterocycles. The van der Waals surface area contributed by atoms with Crippen LogP contribution in [0.1, 0.15) is 46.3 Å². The van der Waals surface area contributed by atoms with Gasteiger partial charge in [0.15, 0.2) is 17.4 Å². The lowest BCUT2D eigenvalue weighted by atomic mass is 10.0. The molecule has 2 aromatic heterocycles. The normalized spacial score (nSPS) is 22.3. The van der Waals surface area contributed by atoms with Crippen LogP contribution in [0.5, 0.6) is 11.6 Å². The Labute approximate surface area is 315 Å². The van der Waals surface area contributed by atoms with E-state index in [9.17, 15) is 28.3 Å². The number of aromatic nitrogens is 3. The highest BCUT2D eigenvalue weighted by Crippen LogP contribution is 2.40. The number of aryl methyl sites for hydroxylation is 1. The van der Waals surface area contributed by atoms with E-state index in [4.69, 9.17) is 4.74 Å². The molecule has 2 aromatic carbocycles. The first-order valence-electron chi connectivity index (χ1n) is 18.5. The topological polar surface area (TPSA) is 156 Å². The van der Waals surface area contributed by atoms with E-state index in [-0.39, 0.29) is 41.6 Å². The Kier molecular flexibility index (Phi) is 8.71. The van der Waals surface area contributed by atoms with Crippen LogP contribution < -0.4 is 25.2 Å². The fourth-order valence-electron chi connectivity index (χ4n) is 8.39. The highest BCUT2D eigenvalue weighted by Gasteiger charge is 2.40. The molecule has 3 fully saturated rings. The molecule has 5 aliphatic heterocycles. The largest absolute Gasteiger partial charge is 0.504 e. The quantitative estimate of drug-likeness (QED) is 0.237. The summed E-state index contributed by atoms with van der Waals surface area (Å²) in [4.78, 5) is 50.5. The second-order valence-electron chi connectivity index (χ2n) is 14.9. The number of nitrogens with zero attached hydrogens (tertiary/aromatic N) is 7. The van der Waals surface area contributed by atoms with Crippen molar-refractivity contribution in [2.24, 2.45) is 0 Å². The van der Waals surface area contributed by atoms with E-state index in [1.165, 1.54) is 0 Å². The van der Waals surface area contributed by atoms with Gasteiger partial charge in [0.05, 0.1) is 24.0 Å². The number of ether oxygens (including phenoxy) is 1. The summed E-state index contributed by atoms with van der Waals surface area (Å²) in [5, 5.41) is 24.2. The maximum absolute atomic E-state index is 14.1. The van der Waals surface area contributed by atoms with Gasteiger partial charge in [0, 0.05) is 93.8 Å². The fraction of sp³-hybridized carbons (Fsp3) is 0.385. The number of phenolic OH excluding ortho intramolecular Hbond substituents is 1. The van der Waals surface area contributed by atoms with E-state index in [0.29, 0.717) is 49.4 Å². The minimum absolute atomic E-state index is 0.0677. The number of amides is 3. The molecular formula is C39H39F2N9O5.